The lowest BCUT2D eigenvalue weighted by molar-refractivity contribution is -0.136. The zero-order valence-corrected chi connectivity index (χ0v) is 11.1. The minimum atomic E-state index is 0. The van der Waals surface area contributed by atoms with E-state index in [0.29, 0.717) is 11.3 Å². The van der Waals surface area contributed by atoms with Crippen molar-refractivity contribution in [2.24, 2.45) is 11.3 Å². The molecule has 0 radical (unpaired) electrons. The minimum absolute atomic E-state index is 0. The number of piperidine rings is 1. The smallest absolute Gasteiger partial charge is 0.227 e. The van der Waals surface area contributed by atoms with E-state index >= 15 is 0 Å². The summed E-state index contributed by atoms with van der Waals surface area (Å²) in [6.07, 6.45) is 3.33. The van der Waals surface area contributed by atoms with Crippen LogP contribution in [0.1, 0.15) is 33.1 Å². The molecule has 1 atom stereocenters. The maximum Gasteiger partial charge on any atom is 0.227 e. The van der Waals surface area contributed by atoms with Gasteiger partial charge in [0.15, 0.2) is 0 Å². The number of rotatable bonds is 1. The van der Waals surface area contributed by atoms with Crippen LogP contribution in [0.4, 0.5) is 0 Å². The van der Waals surface area contributed by atoms with Crippen LogP contribution < -0.4 is 5.32 Å². The molecule has 0 aromatic heterocycles. The second kappa shape index (κ2) is 5.37. The van der Waals surface area contributed by atoms with Gasteiger partial charge in [0.25, 0.3) is 0 Å². The summed E-state index contributed by atoms with van der Waals surface area (Å²) in [5, 5.41) is 3.26. The van der Waals surface area contributed by atoms with E-state index in [-0.39, 0.29) is 18.3 Å². The first-order valence-electron chi connectivity index (χ1n) is 6.08. The van der Waals surface area contributed by atoms with Gasteiger partial charge in [0.2, 0.25) is 5.91 Å². The summed E-state index contributed by atoms with van der Waals surface area (Å²) in [6.45, 7) is 8.41. The van der Waals surface area contributed by atoms with E-state index in [9.17, 15) is 4.79 Å². The number of nitrogens with zero attached hydrogens (tertiary/aromatic N) is 1. The van der Waals surface area contributed by atoms with Crippen LogP contribution in [0.3, 0.4) is 0 Å². The molecule has 0 aliphatic carbocycles. The van der Waals surface area contributed by atoms with Crippen LogP contribution in [-0.2, 0) is 4.79 Å². The average molecular weight is 247 g/mol. The molecule has 1 N–H and O–H groups in total. The first-order valence-corrected chi connectivity index (χ1v) is 6.08. The van der Waals surface area contributed by atoms with Gasteiger partial charge < -0.3 is 10.2 Å². The largest absolute Gasteiger partial charge is 0.342 e. The first kappa shape index (κ1) is 13.8. The van der Waals surface area contributed by atoms with Crippen LogP contribution >= 0.6 is 12.4 Å². The van der Waals surface area contributed by atoms with Gasteiger partial charge in [0.05, 0.1) is 5.92 Å². The highest BCUT2D eigenvalue weighted by Gasteiger charge is 2.32. The molecule has 94 valence electrons. The molecule has 16 heavy (non-hydrogen) atoms. The predicted octanol–water partition coefficient (Wildman–Crippen LogP) is 1.67. The van der Waals surface area contributed by atoms with Crippen molar-refractivity contribution in [2.75, 3.05) is 26.2 Å². The van der Waals surface area contributed by atoms with Gasteiger partial charge in [-0.1, -0.05) is 13.8 Å². The van der Waals surface area contributed by atoms with E-state index in [4.69, 9.17) is 0 Å². The van der Waals surface area contributed by atoms with E-state index in [0.717, 1.165) is 45.4 Å². The number of amides is 1. The number of carbonyl (C=O) groups excluding carboxylic acids is 1. The second-order valence-electron chi connectivity index (χ2n) is 5.68. The Kier molecular flexibility index (Phi) is 4.62. The lowest BCUT2D eigenvalue weighted by atomic mass is 9.82. The summed E-state index contributed by atoms with van der Waals surface area (Å²) in [6, 6.07) is 0. The van der Waals surface area contributed by atoms with Crippen molar-refractivity contribution in [1.29, 1.82) is 0 Å². The van der Waals surface area contributed by atoms with Crippen molar-refractivity contribution in [1.82, 2.24) is 10.2 Å². The summed E-state index contributed by atoms with van der Waals surface area (Å²) < 4.78 is 0. The Morgan fingerprint density at radius 3 is 2.44 bits per heavy atom. The molecule has 0 aromatic carbocycles. The lowest BCUT2D eigenvalue weighted by Gasteiger charge is -2.37. The molecule has 0 unspecified atom stereocenters. The highest BCUT2D eigenvalue weighted by Crippen LogP contribution is 2.30. The van der Waals surface area contributed by atoms with E-state index < -0.39 is 0 Å². The van der Waals surface area contributed by atoms with Gasteiger partial charge in [0.1, 0.15) is 0 Å². The molecule has 3 nitrogen and oxygen atoms in total. The number of carbonyl (C=O) groups is 1. The van der Waals surface area contributed by atoms with E-state index in [2.05, 4.69) is 24.1 Å². The van der Waals surface area contributed by atoms with Gasteiger partial charge in [-0.15, -0.1) is 12.4 Å². The van der Waals surface area contributed by atoms with E-state index in [1.165, 1.54) is 0 Å². The molecule has 0 aromatic rings. The zero-order valence-electron chi connectivity index (χ0n) is 10.3. The standard InChI is InChI=1S/C12H22N2O.ClH/c1-12(2)4-7-14(8-5-12)11(15)10-3-6-13-9-10;/h10,13H,3-9H2,1-2H3;1H/t10-;/m1./s1. The van der Waals surface area contributed by atoms with Crippen LogP contribution in [0.2, 0.25) is 0 Å². The van der Waals surface area contributed by atoms with Gasteiger partial charge in [-0.3, -0.25) is 4.79 Å². The molecule has 2 heterocycles. The maximum atomic E-state index is 12.1. The van der Waals surface area contributed by atoms with Crippen LogP contribution in [-0.4, -0.2) is 37.0 Å². The fraction of sp³-hybridized carbons (Fsp3) is 0.917. The third kappa shape index (κ3) is 3.11. The molecule has 2 aliphatic rings. The third-order valence-electron chi connectivity index (χ3n) is 3.84. The fourth-order valence-corrected chi connectivity index (χ4v) is 2.46. The maximum absolute atomic E-state index is 12.1. The van der Waals surface area contributed by atoms with Crippen molar-refractivity contribution in [2.45, 2.75) is 33.1 Å². The van der Waals surface area contributed by atoms with Crippen molar-refractivity contribution in [3.05, 3.63) is 0 Å². The van der Waals surface area contributed by atoms with Gasteiger partial charge in [-0.2, -0.15) is 0 Å². The van der Waals surface area contributed by atoms with Crippen LogP contribution in [0.15, 0.2) is 0 Å². The molecular formula is C12H23ClN2O. The second-order valence-corrected chi connectivity index (χ2v) is 5.68. The van der Waals surface area contributed by atoms with Gasteiger partial charge in [-0.05, 0) is 31.2 Å². The van der Waals surface area contributed by atoms with Crippen molar-refractivity contribution >= 4 is 18.3 Å². The van der Waals surface area contributed by atoms with E-state index in [1.807, 2.05) is 0 Å². The molecule has 1 amide bonds. The molecular weight excluding hydrogens is 224 g/mol. The van der Waals surface area contributed by atoms with Crippen LogP contribution in [0.25, 0.3) is 0 Å². The Balaban J connectivity index is 0.00000128. The summed E-state index contributed by atoms with van der Waals surface area (Å²) in [5.74, 6) is 0.640. The quantitative estimate of drug-likeness (QED) is 0.764. The minimum Gasteiger partial charge on any atom is -0.342 e. The monoisotopic (exact) mass is 246 g/mol. The Hall–Kier alpha value is -0.280. The Bertz CT molecular complexity index is 239. The Morgan fingerprint density at radius 1 is 1.31 bits per heavy atom. The predicted molar refractivity (Wildman–Crippen MR) is 67.8 cm³/mol. The van der Waals surface area contributed by atoms with Crippen molar-refractivity contribution in [3.8, 4) is 0 Å². The third-order valence-corrected chi connectivity index (χ3v) is 3.84. The van der Waals surface area contributed by atoms with Gasteiger partial charge >= 0.3 is 0 Å². The fourth-order valence-electron chi connectivity index (χ4n) is 2.46. The zero-order chi connectivity index (χ0) is 10.9. The molecule has 2 rings (SSSR count). The van der Waals surface area contributed by atoms with Gasteiger partial charge in [0, 0.05) is 19.6 Å². The average Bonchev–Trinajstić information content (AvgIpc) is 2.69. The Morgan fingerprint density at radius 2 is 1.94 bits per heavy atom. The number of likely N-dealkylation sites (tertiary alicyclic amines) is 1. The first-order chi connectivity index (χ1) is 7.08. The number of hydrogen-bond acceptors (Lipinski definition) is 2. The van der Waals surface area contributed by atoms with E-state index in [1.54, 1.807) is 0 Å². The van der Waals surface area contributed by atoms with Crippen LogP contribution in [0.5, 0.6) is 0 Å². The number of hydrogen-bond donors (Lipinski definition) is 1. The number of nitrogens with one attached hydrogen (secondary N) is 1. The Labute approximate surface area is 104 Å². The van der Waals surface area contributed by atoms with Crippen molar-refractivity contribution in [3.63, 3.8) is 0 Å². The molecule has 4 heteroatoms. The number of halogens is 1. The summed E-state index contributed by atoms with van der Waals surface area (Å²) >= 11 is 0. The summed E-state index contributed by atoms with van der Waals surface area (Å²) in [5.41, 5.74) is 0.435. The normalized spacial score (nSPS) is 28.6. The molecule has 2 fully saturated rings. The topological polar surface area (TPSA) is 32.3 Å². The highest BCUT2D eigenvalue weighted by atomic mass is 35.5. The van der Waals surface area contributed by atoms with Crippen molar-refractivity contribution < 1.29 is 4.79 Å². The molecule has 0 saturated carbocycles. The van der Waals surface area contributed by atoms with Crippen LogP contribution in [0, 0.1) is 11.3 Å². The SMILES string of the molecule is CC1(C)CCN(C(=O)[C@@H]2CCNC2)CC1.Cl. The highest BCUT2D eigenvalue weighted by molar-refractivity contribution is 5.85. The molecule has 2 aliphatic heterocycles. The summed E-state index contributed by atoms with van der Waals surface area (Å²) in [7, 11) is 0. The lowest BCUT2D eigenvalue weighted by Crippen LogP contribution is -2.44. The molecule has 2 saturated heterocycles. The summed E-state index contributed by atoms with van der Waals surface area (Å²) in [4.78, 5) is 14.2. The van der Waals surface area contributed by atoms with Gasteiger partial charge in [-0.25, -0.2) is 0 Å². The molecule has 0 spiro atoms. The molecule has 0 bridgehead atoms.